The van der Waals surface area contributed by atoms with Crippen LogP contribution in [-0.4, -0.2) is 81.3 Å². The lowest BCUT2D eigenvalue weighted by Gasteiger charge is -2.38. The second-order valence-electron chi connectivity index (χ2n) is 5.38. The van der Waals surface area contributed by atoms with E-state index in [1.165, 1.54) is 0 Å². The summed E-state index contributed by atoms with van der Waals surface area (Å²) >= 11 is 1.56. The number of carbonyl (C=O) groups excluding carboxylic acids is 2. The van der Waals surface area contributed by atoms with Crippen LogP contribution in [0.2, 0.25) is 0 Å². The van der Waals surface area contributed by atoms with Crippen LogP contribution >= 0.6 is 11.8 Å². The second-order valence-corrected chi connectivity index (χ2v) is 6.33. The molecule has 1 atom stereocenters. The zero-order chi connectivity index (χ0) is 14.8. The number of imidazole rings is 1. The van der Waals surface area contributed by atoms with Crippen LogP contribution in [0.4, 0.5) is 0 Å². The maximum absolute atomic E-state index is 12.4. The molecule has 8 heteroatoms. The predicted octanol–water partition coefficient (Wildman–Crippen LogP) is -0.242. The van der Waals surface area contributed by atoms with E-state index in [9.17, 15) is 9.59 Å². The minimum Gasteiger partial charge on any atom is -0.347 e. The molecule has 3 rings (SSSR count). The molecule has 0 bridgehead atoms. The van der Waals surface area contributed by atoms with Gasteiger partial charge in [0.15, 0.2) is 0 Å². The number of aromatic amines is 1. The van der Waals surface area contributed by atoms with Crippen LogP contribution in [-0.2, 0) is 9.59 Å². The van der Waals surface area contributed by atoms with Gasteiger partial charge >= 0.3 is 0 Å². The Bertz CT molecular complexity index is 521. The third kappa shape index (κ3) is 3.06. The fraction of sp³-hybridized carbons (Fsp3) is 0.615. The van der Waals surface area contributed by atoms with Crippen LogP contribution in [0.5, 0.6) is 0 Å². The first-order valence-electron chi connectivity index (χ1n) is 6.98. The lowest BCUT2D eigenvalue weighted by molar-refractivity contribution is -0.139. The third-order valence-electron chi connectivity index (χ3n) is 3.99. The van der Waals surface area contributed by atoms with Gasteiger partial charge in [0.25, 0.3) is 0 Å². The number of nitrogens with zero attached hydrogens (tertiary/aromatic N) is 4. The first kappa shape index (κ1) is 14.4. The Kier molecular flexibility index (Phi) is 4.16. The molecule has 1 N–H and O–H groups in total. The molecule has 2 aliphatic rings. The highest BCUT2D eigenvalue weighted by atomic mass is 32.2. The summed E-state index contributed by atoms with van der Waals surface area (Å²) in [5, 5.41) is 0. The lowest BCUT2D eigenvalue weighted by Crippen LogP contribution is -2.51. The zero-order valence-electron chi connectivity index (χ0n) is 12.0. The number of amides is 2. The van der Waals surface area contributed by atoms with Crippen LogP contribution in [0.1, 0.15) is 11.9 Å². The highest BCUT2D eigenvalue weighted by Crippen LogP contribution is 2.22. The summed E-state index contributed by atoms with van der Waals surface area (Å²) in [6, 6.07) is 0.0846. The summed E-state index contributed by atoms with van der Waals surface area (Å²) < 4.78 is 0. The van der Waals surface area contributed by atoms with Crippen molar-refractivity contribution < 1.29 is 9.59 Å². The molecule has 2 saturated heterocycles. The average molecular weight is 309 g/mol. The van der Waals surface area contributed by atoms with Gasteiger partial charge in [0.1, 0.15) is 12.4 Å². The molecule has 1 aromatic rings. The monoisotopic (exact) mass is 309 g/mol. The summed E-state index contributed by atoms with van der Waals surface area (Å²) in [6.45, 7) is 2.31. The summed E-state index contributed by atoms with van der Waals surface area (Å²) in [7, 11) is 2.04. The Balaban J connectivity index is 1.63. The number of likely N-dealkylation sites (N-methyl/N-ethyl adjacent to an activating group) is 1. The standard InChI is InChI=1S/C13H19N5O2S/c1-16-4-5-17(6-10(16)13-14-2-3-15-13)11(19)7-18-9-21-8-12(18)20/h2-3,10H,4-9H2,1H3,(H,14,15). The van der Waals surface area contributed by atoms with Gasteiger partial charge in [-0.15, -0.1) is 11.8 Å². The van der Waals surface area contributed by atoms with Crippen molar-refractivity contribution in [3.05, 3.63) is 18.2 Å². The van der Waals surface area contributed by atoms with Crippen LogP contribution in [0, 0.1) is 0 Å². The molecule has 7 nitrogen and oxygen atoms in total. The molecule has 0 spiro atoms. The smallest absolute Gasteiger partial charge is 0.242 e. The maximum atomic E-state index is 12.4. The van der Waals surface area contributed by atoms with E-state index in [-0.39, 0.29) is 24.4 Å². The summed E-state index contributed by atoms with van der Waals surface area (Å²) in [6.07, 6.45) is 3.52. The van der Waals surface area contributed by atoms with Crippen molar-refractivity contribution >= 4 is 23.6 Å². The van der Waals surface area contributed by atoms with E-state index in [1.54, 1.807) is 29.1 Å². The molecule has 1 aromatic heterocycles. The molecule has 0 radical (unpaired) electrons. The Morgan fingerprint density at radius 3 is 3.05 bits per heavy atom. The molecule has 2 aliphatic heterocycles. The fourth-order valence-corrected chi connectivity index (χ4v) is 3.56. The minimum absolute atomic E-state index is 0.0236. The molecule has 2 amide bonds. The van der Waals surface area contributed by atoms with E-state index in [0.29, 0.717) is 24.7 Å². The Labute approximate surface area is 127 Å². The molecule has 1 unspecified atom stereocenters. The number of piperazine rings is 1. The largest absolute Gasteiger partial charge is 0.347 e. The molecule has 0 aromatic carbocycles. The van der Waals surface area contributed by atoms with Gasteiger partial charge in [0.05, 0.1) is 17.7 Å². The van der Waals surface area contributed by atoms with Crippen molar-refractivity contribution in [1.29, 1.82) is 0 Å². The molecule has 0 saturated carbocycles. The van der Waals surface area contributed by atoms with Crippen molar-refractivity contribution in [3.63, 3.8) is 0 Å². The van der Waals surface area contributed by atoms with Crippen molar-refractivity contribution in [2.75, 3.05) is 44.9 Å². The summed E-state index contributed by atoms with van der Waals surface area (Å²) in [5.41, 5.74) is 0. The minimum atomic E-state index is 0.0236. The van der Waals surface area contributed by atoms with Gasteiger partial charge in [-0.3, -0.25) is 14.5 Å². The van der Waals surface area contributed by atoms with Crippen LogP contribution in [0.25, 0.3) is 0 Å². The average Bonchev–Trinajstić information content (AvgIpc) is 3.12. The van der Waals surface area contributed by atoms with E-state index < -0.39 is 0 Å². The van der Waals surface area contributed by atoms with Crippen molar-refractivity contribution in [2.24, 2.45) is 0 Å². The first-order valence-corrected chi connectivity index (χ1v) is 8.13. The van der Waals surface area contributed by atoms with E-state index in [2.05, 4.69) is 14.9 Å². The molecule has 0 aliphatic carbocycles. The van der Waals surface area contributed by atoms with Gasteiger partial charge in [-0.2, -0.15) is 0 Å². The quantitative estimate of drug-likeness (QED) is 0.834. The molecule has 21 heavy (non-hydrogen) atoms. The lowest BCUT2D eigenvalue weighted by atomic mass is 10.1. The fourth-order valence-electron chi connectivity index (χ4n) is 2.66. The second kappa shape index (κ2) is 6.07. The van der Waals surface area contributed by atoms with Crippen LogP contribution in [0.3, 0.4) is 0 Å². The topological polar surface area (TPSA) is 72.5 Å². The van der Waals surface area contributed by atoms with Crippen LogP contribution in [0.15, 0.2) is 12.4 Å². The highest BCUT2D eigenvalue weighted by Gasteiger charge is 2.32. The number of aromatic nitrogens is 2. The van der Waals surface area contributed by atoms with E-state index in [0.717, 1.165) is 12.4 Å². The Hall–Kier alpha value is -1.54. The van der Waals surface area contributed by atoms with Gasteiger partial charge in [0.2, 0.25) is 11.8 Å². The molecule has 3 heterocycles. The number of thioether (sulfide) groups is 1. The number of rotatable bonds is 3. The summed E-state index contributed by atoms with van der Waals surface area (Å²) in [5.74, 6) is 2.08. The van der Waals surface area contributed by atoms with Crippen LogP contribution < -0.4 is 0 Å². The van der Waals surface area contributed by atoms with E-state index in [1.807, 2.05) is 11.9 Å². The Morgan fingerprint density at radius 2 is 2.38 bits per heavy atom. The summed E-state index contributed by atoms with van der Waals surface area (Å²) in [4.78, 5) is 37.1. The molecular weight excluding hydrogens is 290 g/mol. The van der Waals surface area contributed by atoms with E-state index in [4.69, 9.17) is 0 Å². The third-order valence-corrected chi connectivity index (χ3v) is 4.93. The zero-order valence-corrected chi connectivity index (χ0v) is 12.8. The number of hydrogen-bond acceptors (Lipinski definition) is 5. The van der Waals surface area contributed by atoms with Gasteiger partial charge in [-0.05, 0) is 7.05 Å². The van der Waals surface area contributed by atoms with Gasteiger partial charge in [0, 0.05) is 32.0 Å². The number of hydrogen-bond donors (Lipinski definition) is 1. The predicted molar refractivity (Wildman–Crippen MR) is 79.6 cm³/mol. The van der Waals surface area contributed by atoms with E-state index >= 15 is 0 Å². The SMILES string of the molecule is CN1CCN(C(=O)CN2CSCC2=O)CC1c1ncc[nH]1. The maximum Gasteiger partial charge on any atom is 0.242 e. The number of H-pyrrole nitrogens is 1. The van der Waals surface area contributed by atoms with Gasteiger partial charge in [-0.1, -0.05) is 0 Å². The van der Waals surface area contributed by atoms with Gasteiger partial charge in [-0.25, -0.2) is 4.98 Å². The highest BCUT2D eigenvalue weighted by molar-refractivity contribution is 8.00. The number of nitrogens with one attached hydrogen (secondary N) is 1. The van der Waals surface area contributed by atoms with Crippen molar-refractivity contribution in [1.82, 2.24) is 24.7 Å². The molecular formula is C13H19N5O2S. The normalized spacial score (nSPS) is 23.9. The number of carbonyl (C=O) groups is 2. The molecule has 114 valence electrons. The van der Waals surface area contributed by atoms with Crippen molar-refractivity contribution in [2.45, 2.75) is 6.04 Å². The molecule has 2 fully saturated rings. The van der Waals surface area contributed by atoms with Crippen molar-refractivity contribution in [3.8, 4) is 0 Å². The first-order chi connectivity index (χ1) is 10.1. The van der Waals surface area contributed by atoms with Gasteiger partial charge < -0.3 is 14.8 Å². The Morgan fingerprint density at radius 1 is 1.52 bits per heavy atom.